The molecule has 0 saturated carbocycles. The molecule has 1 fully saturated rings. The summed E-state index contributed by atoms with van der Waals surface area (Å²) in [5.74, 6) is 1.15. The van der Waals surface area contributed by atoms with Crippen LogP contribution in [0.15, 0.2) is 47.0 Å². The Morgan fingerprint density at radius 3 is 2.69 bits per heavy atom. The Balaban J connectivity index is 1.38. The number of anilines is 1. The molecule has 1 N–H and O–H groups in total. The highest BCUT2D eigenvalue weighted by atomic mass is 16.5. The van der Waals surface area contributed by atoms with E-state index in [9.17, 15) is 9.59 Å². The summed E-state index contributed by atoms with van der Waals surface area (Å²) in [5.41, 5.74) is 3.64. The van der Waals surface area contributed by atoms with Crippen LogP contribution in [0.3, 0.4) is 0 Å². The van der Waals surface area contributed by atoms with Crippen molar-refractivity contribution in [2.45, 2.75) is 45.6 Å². The van der Waals surface area contributed by atoms with E-state index in [1.54, 1.807) is 12.0 Å². The second kappa shape index (κ2) is 11.8. The zero-order chi connectivity index (χ0) is 25.5. The van der Waals surface area contributed by atoms with Crippen LogP contribution in [0.25, 0.3) is 11.4 Å². The first-order valence-electron chi connectivity index (χ1n) is 12.2. The fourth-order valence-corrected chi connectivity index (χ4v) is 4.12. The summed E-state index contributed by atoms with van der Waals surface area (Å²) in [7, 11) is 1.61. The zero-order valence-electron chi connectivity index (χ0n) is 21.0. The highest BCUT2D eigenvalue weighted by Crippen LogP contribution is 2.21. The monoisotopic (exact) mass is 492 g/mol. The number of amides is 2. The van der Waals surface area contributed by atoms with E-state index >= 15 is 0 Å². The van der Waals surface area contributed by atoms with E-state index in [0.717, 1.165) is 41.0 Å². The van der Waals surface area contributed by atoms with Crippen molar-refractivity contribution in [1.29, 1.82) is 0 Å². The molecule has 9 nitrogen and oxygen atoms in total. The van der Waals surface area contributed by atoms with Gasteiger partial charge in [-0.1, -0.05) is 17.3 Å². The van der Waals surface area contributed by atoms with Crippen molar-refractivity contribution in [1.82, 2.24) is 15.0 Å². The fraction of sp³-hybridized carbons (Fsp3) is 0.407. The number of carbonyl (C=O) groups excluding carboxylic acids is 2. The van der Waals surface area contributed by atoms with Crippen molar-refractivity contribution in [3.63, 3.8) is 0 Å². The second-order valence-corrected chi connectivity index (χ2v) is 8.95. The zero-order valence-corrected chi connectivity index (χ0v) is 21.0. The van der Waals surface area contributed by atoms with Crippen LogP contribution >= 0.6 is 0 Å². The Kier molecular flexibility index (Phi) is 8.32. The van der Waals surface area contributed by atoms with Gasteiger partial charge in [0.05, 0.1) is 19.8 Å². The number of ether oxygens (including phenoxy) is 2. The van der Waals surface area contributed by atoms with Gasteiger partial charge in [0.25, 0.3) is 0 Å². The molecule has 0 radical (unpaired) electrons. The highest BCUT2D eigenvalue weighted by Gasteiger charge is 2.25. The summed E-state index contributed by atoms with van der Waals surface area (Å²) in [6.45, 7) is 4.96. The third kappa shape index (κ3) is 6.48. The SMILES string of the molecule is COc1ccc(-c2noc(CCC(=O)N(CC(=O)Nc3cccc(C)c3C)CC3CCCO3)n2)cc1. The molecule has 36 heavy (non-hydrogen) atoms. The Morgan fingerprint density at radius 2 is 1.97 bits per heavy atom. The topological polar surface area (TPSA) is 107 Å². The average Bonchev–Trinajstić information content (AvgIpc) is 3.57. The van der Waals surface area contributed by atoms with Crippen molar-refractivity contribution in [3.05, 3.63) is 59.5 Å². The molecule has 190 valence electrons. The summed E-state index contributed by atoms with van der Waals surface area (Å²) >= 11 is 0. The van der Waals surface area contributed by atoms with E-state index in [1.807, 2.05) is 56.3 Å². The number of hydrogen-bond donors (Lipinski definition) is 1. The van der Waals surface area contributed by atoms with E-state index in [4.69, 9.17) is 14.0 Å². The van der Waals surface area contributed by atoms with Crippen LogP contribution in [0.4, 0.5) is 5.69 Å². The lowest BCUT2D eigenvalue weighted by molar-refractivity contribution is -0.136. The molecule has 0 bridgehead atoms. The predicted octanol–water partition coefficient (Wildman–Crippen LogP) is 3.94. The number of nitrogens with zero attached hydrogens (tertiary/aromatic N) is 3. The largest absolute Gasteiger partial charge is 0.497 e. The molecule has 2 heterocycles. The maximum atomic E-state index is 13.1. The van der Waals surface area contributed by atoms with Gasteiger partial charge in [-0.2, -0.15) is 4.98 Å². The van der Waals surface area contributed by atoms with Gasteiger partial charge in [0, 0.05) is 37.2 Å². The molecule has 9 heteroatoms. The van der Waals surface area contributed by atoms with Crippen molar-refractivity contribution in [2.24, 2.45) is 0 Å². The van der Waals surface area contributed by atoms with Crippen LogP contribution in [0, 0.1) is 13.8 Å². The minimum Gasteiger partial charge on any atom is -0.497 e. The molecule has 0 aliphatic carbocycles. The lowest BCUT2D eigenvalue weighted by Gasteiger charge is -2.25. The first-order chi connectivity index (χ1) is 17.4. The Morgan fingerprint density at radius 1 is 1.17 bits per heavy atom. The van der Waals surface area contributed by atoms with E-state index in [-0.39, 0.29) is 37.3 Å². The summed E-state index contributed by atoms with van der Waals surface area (Å²) in [5, 5.41) is 6.96. The number of hydrogen-bond acceptors (Lipinski definition) is 7. The van der Waals surface area contributed by atoms with Crippen molar-refractivity contribution < 1.29 is 23.6 Å². The van der Waals surface area contributed by atoms with Gasteiger partial charge in [-0.25, -0.2) is 0 Å². The molecule has 0 spiro atoms. The molecule has 1 saturated heterocycles. The van der Waals surface area contributed by atoms with Crippen LogP contribution < -0.4 is 10.1 Å². The minimum atomic E-state index is -0.241. The number of methoxy groups -OCH3 is 1. The van der Waals surface area contributed by atoms with Crippen molar-refractivity contribution >= 4 is 17.5 Å². The van der Waals surface area contributed by atoms with Gasteiger partial charge in [0.2, 0.25) is 23.5 Å². The number of benzene rings is 2. The van der Waals surface area contributed by atoms with E-state index in [0.29, 0.717) is 24.9 Å². The van der Waals surface area contributed by atoms with Gasteiger partial charge in [-0.15, -0.1) is 0 Å². The number of rotatable bonds is 10. The molecule has 1 aliphatic rings. The molecule has 2 aromatic carbocycles. The Hall–Kier alpha value is -3.72. The lowest BCUT2D eigenvalue weighted by atomic mass is 10.1. The number of nitrogens with one attached hydrogen (secondary N) is 1. The minimum absolute atomic E-state index is 0.0486. The van der Waals surface area contributed by atoms with Gasteiger partial charge >= 0.3 is 0 Å². The molecule has 1 atom stereocenters. The lowest BCUT2D eigenvalue weighted by Crippen LogP contribution is -2.42. The van der Waals surface area contributed by atoms with Gasteiger partial charge in [0.15, 0.2) is 0 Å². The van der Waals surface area contributed by atoms with E-state index in [2.05, 4.69) is 15.5 Å². The van der Waals surface area contributed by atoms with E-state index in [1.165, 1.54) is 0 Å². The Bertz CT molecular complexity index is 1190. The maximum Gasteiger partial charge on any atom is 0.244 e. The summed E-state index contributed by atoms with van der Waals surface area (Å²) in [4.78, 5) is 32.0. The van der Waals surface area contributed by atoms with Gasteiger partial charge in [0.1, 0.15) is 5.75 Å². The maximum absolute atomic E-state index is 13.1. The molecule has 1 unspecified atom stereocenters. The summed E-state index contributed by atoms with van der Waals surface area (Å²) in [6.07, 6.45) is 2.19. The predicted molar refractivity (Wildman–Crippen MR) is 135 cm³/mol. The molecule has 1 aliphatic heterocycles. The standard InChI is InChI=1S/C27H32N4O5/c1-18-6-4-8-23(19(18)2)28-24(32)17-31(16-22-7-5-15-35-22)26(33)14-13-25-29-27(30-36-25)20-9-11-21(34-3)12-10-20/h4,6,8-12,22H,5,7,13-17H2,1-3H3,(H,28,32). The van der Waals surface area contributed by atoms with E-state index < -0.39 is 0 Å². The van der Waals surface area contributed by atoms with Crippen molar-refractivity contribution in [2.75, 3.05) is 32.1 Å². The first-order valence-corrected chi connectivity index (χ1v) is 12.2. The van der Waals surface area contributed by atoms with Gasteiger partial charge in [-0.05, 0) is 68.1 Å². The number of aryl methyl sites for hydroxylation is 2. The van der Waals surface area contributed by atoms with Gasteiger partial charge in [-0.3, -0.25) is 9.59 Å². The Labute approximate surface area is 210 Å². The van der Waals surface area contributed by atoms with Crippen LogP contribution in [0.5, 0.6) is 5.75 Å². The van der Waals surface area contributed by atoms with Crippen LogP contribution in [0.1, 0.15) is 36.3 Å². The molecule has 4 rings (SSSR count). The number of aromatic nitrogens is 2. The van der Waals surface area contributed by atoms with Crippen LogP contribution in [-0.4, -0.2) is 59.8 Å². The van der Waals surface area contributed by atoms with Crippen molar-refractivity contribution in [3.8, 4) is 17.1 Å². The molecule has 3 aromatic rings. The highest BCUT2D eigenvalue weighted by molar-refractivity contribution is 5.95. The summed E-state index contributed by atoms with van der Waals surface area (Å²) in [6, 6.07) is 13.1. The number of carbonyl (C=O) groups is 2. The van der Waals surface area contributed by atoms with Gasteiger partial charge < -0.3 is 24.2 Å². The normalized spacial score (nSPS) is 15.0. The van der Waals surface area contributed by atoms with Crippen LogP contribution in [0.2, 0.25) is 0 Å². The van der Waals surface area contributed by atoms with Crippen LogP contribution in [-0.2, 0) is 20.7 Å². The summed E-state index contributed by atoms with van der Waals surface area (Å²) < 4.78 is 16.3. The third-order valence-electron chi connectivity index (χ3n) is 6.38. The molecule has 1 aromatic heterocycles. The molecular weight excluding hydrogens is 460 g/mol. The first kappa shape index (κ1) is 25.4. The third-order valence-corrected chi connectivity index (χ3v) is 6.38. The quantitative estimate of drug-likeness (QED) is 0.457. The second-order valence-electron chi connectivity index (χ2n) is 8.95. The molecule has 2 amide bonds. The smallest absolute Gasteiger partial charge is 0.244 e. The molecular formula is C27H32N4O5. The average molecular weight is 493 g/mol. The fourth-order valence-electron chi connectivity index (χ4n) is 4.12.